The highest BCUT2D eigenvalue weighted by atomic mass is 16.2. The van der Waals surface area contributed by atoms with E-state index in [0.29, 0.717) is 18.7 Å². The summed E-state index contributed by atoms with van der Waals surface area (Å²) in [6.07, 6.45) is 0.152. The summed E-state index contributed by atoms with van der Waals surface area (Å²) in [5.41, 5.74) is 7.21. The summed E-state index contributed by atoms with van der Waals surface area (Å²) in [6, 6.07) is 16.8. The van der Waals surface area contributed by atoms with Crippen LogP contribution in [0.25, 0.3) is 0 Å². The largest absolute Gasteiger partial charge is 0.338 e. The van der Waals surface area contributed by atoms with E-state index in [1.54, 1.807) is 17.0 Å². The Bertz CT molecular complexity index is 820. The molecule has 2 aromatic rings. The minimum Gasteiger partial charge on any atom is -0.338 e. The molecule has 134 valence electrons. The number of amides is 3. The Balaban J connectivity index is 1.53. The number of nitrogens with one attached hydrogen (secondary N) is 2. The molecule has 6 nitrogen and oxygen atoms in total. The second kappa shape index (κ2) is 7.82. The summed E-state index contributed by atoms with van der Waals surface area (Å²) >= 11 is 0. The minimum absolute atomic E-state index is 0.0563. The second-order valence-electron chi connectivity index (χ2n) is 6.42. The van der Waals surface area contributed by atoms with Gasteiger partial charge in [0, 0.05) is 25.1 Å². The van der Waals surface area contributed by atoms with Crippen LogP contribution in [0, 0.1) is 12.8 Å². The predicted molar refractivity (Wildman–Crippen MR) is 96.8 cm³/mol. The van der Waals surface area contributed by atoms with Gasteiger partial charge in [0.2, 0.25) is 11.8 Å². The van der Waals surface area contributed by atoms with Crippen LogP contribution in [0.2, 0.25) is 0 Å². The first kappa shape index (κ1) is 17.7. The van der Waals surface area contributed by atoms with Crippen molar-refractivity contribution in [3.8, 4) is 0 Å². The number of likely N-dealkylation sites (tertiary alicyclic amines) is 1. The van der Waals surface area contributed by atoms with E-state index in [4.69, 9.17) is 0 Å². The predicted octanol–water partition coefficient (Wildman–Crippen LogP) is 1.80. The third-order valence-corrected chi connectivity index (χ3v) is 4.49. The molecular weight excluding hydrogens is 330 g/mol. The van der Waals surface area contributed by atoms with Gasteiger partial charge in [0.1, 0.15) is 0 Å². The van der Waals surface area contributed by atoms with Gasteiger partial charge in [0.05, 0.1) is 5.92 Å². The van der Waals surface area contributed by atoms with E-state index >= 15 is 0 Å². The van der Waals surface area contributed by atoms with Gasteiger partial charge in [-0.25, -0.2) is 0 Å². The standard InChI is InChI=1S/C20H21N3O3/c1-14-7-5-6-10-17(14)20(26)22-21-19(25)16-11-18(24)23(13-16)12-15-8-3-2-4-9-15/h2-10,16H,11-13H2,1H3,(H,21,25)(H,22,26)/t16-/m1/s1. The first-order valence-electron chi connectivity index (χ1n) is 8.52. The Morgan fingerprint density at radius 3 is 2.46 bits per heavy atom. The van der Waals surface area contributed by atoms with Gasteiger partial charge in [0.25, 0.3) is 5.91 Å². The molecule has 0 aliphatic carbocycles. The molecule has 0 unspecified atom stereocenters. The second-order valence-corrected chi connectivity index (χ2v) is 6.42. The molecule has 0 aromatic heterocycles. The van der Waals surface area contributed by atoms with Crippen LogP contribution in [0.3, 0.4) is 0 Å². The zero-order valence-electron chi connectivity index (χ0n) is 14.6. The van der Waals surface area contributed by atoms with Crippen LogP contribution in [-0.2, 0) is 16.1 Å². The molecule has 0 spiro atoms. The lowest BCUT2D eigenvalue weighted by Gasteiger charge is -2.17. The number of carbonyl (C=O) groups is 3. The molecule has 26 heavy (non-hydrogen) atoms. The van der Waals surface area contributed by atoms with Gasteiger partial charge in [-0.05, 0) is 24.1 Å². The Morgan fingerprint density at radius 2 is 1.73 bits per heavy atom. The molecule has 3 amide bonds. The van der Waals surface area contributed by atoms with Crippen molar-refractivity contribution in [2.45, 2.75) is 19.9 Å². The first-order valence-corrected chi connectivity index (χ1v) is 8.52. The van der Waals surface area contributed by atoms with Gasteiger partial charge in [-0.1, -0.05) is 48.5 Å². The number of hydrogen-bond acceptors (Lipinski definition) is 3. The van der Waals surface area contributed by atoms with Crippen molar-refractivity contribution >= 4 is 17.7 Å². The van der Waals surface area contributed by atoms with Crippen molar-refractivity contribution in [2.24, 2.45) is 5.92 Å². The number of rotatable bonds is 4. The molecule has 1 saturated heterocycles. The molecule has 0 bridgehead atoms. The molecule has 1 fully saturated rings. The van der Waals surface area contributed by atoms with E-state index in [-0.39, 0.29) is 24.1 Å². The highest BCUT2D eigenvalue weighted by Gasteiger charge is 2.34. The first-order chi connectivity index (χ1) is 12.5. The molecule has 2 aromatic carbocycles. The lowest BCUT2D eigenvalue weighted by Crippen LogP contribution is -2.45. The molecule has 1 aliphatic heterocycles. The summed E-state index contributed by atoms with van der Waals surface area (Å²) in [6.45, 7) is 2.66. The van der Waals surface area contributed by atoms with E-state index in [0.717, 1.165) is 11.1 Å². The van der Waals surface area contributed by atoms with E-state index in [1.807, 2.05) is 49.4 Å². The SMILES string of the molecule is Cc1ccccc1C(=O)NNC(=O)[C@@H]1CC(=O)N(Cc2ccccc2)C1. The van der Waals surface area contributed by atoms with Crippen LogP contribution in [0.1, 0.15) is 27.9 Å². The van der Waals surface area contributed by atoms with Crippen molar-refractivity contribution in [2.75, 3.05) is 6.54 Å². The third kappa shape index (κ3) is 4.08. The van der Waals surface area contributed by atoms with Crippen LogP contribution in [0.15, 0.2) is 54.6 Å². The van der Waals surface area contributed by atoms with Crippen LogP contribution in [0.5, 0.6) is 0 Å². The number of hydrazine groups is 1. The number of carbonyl (C=O) groups excluding carboxylic acids is 3. The Kier molecular flexibility index (Phi) is 5.31. The number of aryl methyl sites for hydroxylation is 1. The molecule has 2 N–H and O–H groups in total. The number of nitrogens with zero attached hydrogens (tertiary/aromatic N) is 1. The van der Waals surface area contributed by atoms with Gasteiger partial charge in [0.15, 0.2) is 0 Å². The Labute approximate surface area is 152 Å². The van der Waals surface area contributed by atoms with Crippen LogP contribution < -0.4 is 10.9 Å². The van der Waals surface area contributed by atoms with Crippen LogP contribution in [0.4, 0.5) is 0 Å². The zero-order chi connectivity index (χ0) is 18.5. The van der Waals surface area contributed by atoms with Gasteiger partial charge < -0.3 is 4.90 Å². The Morgan fingerprint density at radius 1 is 1.04 bits per heavy atom. The monoisotopic (exact) mass is 351 g/mol. The van der Waals surface area contributed by atoms with Gasteiger partial charge in [-0.2, -0.15) is 0 Å². The topological polar surface area (TPSA) is 78.5 Å². The summed E-state index contributed by atoms with van der Waals surface area (Å²) < 4.78 is 0. The average molecular weight is 351 g/mol. The third-order valence-electron chi connectivity index (χ3n) is 4.49. The fourth-order valence-electron chi connectivity index (χ4n) is 3.02. The summed E-state index contributed by atoms with van der Waals surface area (Å²) in [7, 11) is 0. The molecular formula is C20H21N3O3. The molecule has 1 aliphatic rings. The highest BCUT2D eigenvalue weighted by Crippen LogP contribution is 2.20. The highest BCUT2D eigenvalue weighted by molar-refractivity contribution is 5.97. The fraction of sp³-hybridized carbons (Fsp3) is 0.250. The summed E-state index contributed by atoms with van der Waals surface area (Å²) in [5, 5.41) is 0. The van der Waals surface area contributed by atoms with Gasteiger partial charge >= 0.3 is 0 Å². The molecule has 6 heteroatoms. The minimum atomic E-state index is -0.469. The lowest BCUT2D eigenvalue weighted by molar-refractivity contribution is -0.129. The molecule has 3 rings (SSSR count). The normalized spacial score (nSPS) is 16.4. The van der Waals surface area contributed by atoms with Crippen molar-refractivity contribution in [1.29, 1.82) is 0 Å². The van der Waals surface area contributed by atoms with Crippen molar-refractivity contribution in [3.05, 3.63) is 71.3 Å². The smallest absolute Gasteiger partial charge is 0.269 e. The molecule has 0 saturated carbocycles. The van der Waals surface area contributed by atoms with E-state index < -0.39 is 5.92 Å². The van der Waals surface area contributed by atoms with E-state index in [9.17, 15) is 14.4 Å². The zero-order valence-corrected chi connectivity index (χ0v) is 14.6. The maximum Gasteiger partial charge on any atom is 0.269 e. The molecule has 1 atom stereocenters. The van der Waals surface area contributed by atoms with E-state index in [2.05, 4.69) is 10.9 Å². The summed E-state index contributed by atoms with van der Waals surface area (Å²) in [4.78, 5) is 38.3. The number of benzene rings is 2. The van der Waals surface area contributed by atoms with Crippen molar-refractivity contribution in [3.63, 3.8) is 0 Å². The van der Waals surface area contributed by atoms with Crippen LogP contribution in [-0.4, -0.2) is 29.2 Å². The van der Waals surface area contributed by atoms with Crippen molar-refractivity contribution in [1.82, 2.24) is 15.8 Å². The molecule has 0 radical (unpaired) electrons. The molecule has 1 heterocycles. The van der Waals surface area contributed by atoms with Gasteiger partial charge in [-0.3, -0.25) is 25.2 Å². The van der Waals surface area contributed by atoms with Crippen molar-refractivity contribution < 1.29 is 14.4 Å². The quantitative estimate of drug-likeness (QED) is 0.825. The summed E-state index contributed by atoms with van der Waals surface area (Å²) in [5.74, 6) is -1.25. The average Bonchev–Trinajstić information content (AvgIpc) is 3.01. The van der Waals surface area contributed by atoms with Crippen LogP contribution >= 0.6 is 0 Å². The maximum absolute atomic E-state index is 12.3. The maximum atomic E-state index is 12.3. The van der Waals surface area contributed by atoms with Gasteiger partial charge in [-0.15, -0.1) is 0 Å². The number of hydrogen-bond donors (Lipinski definition) is 2. The lowest BCUT2D eigenvalue weighted by atomic mass is 10.1. The Hall–Kier alpha value is -3.15. The van der Waals surface area contributed by atoms with E-state index in [1.165, 1.54) is 0 Å². The fourth-order valence-corrected chi connectivity index (χ4v) is 3.02.